The Bertz CT molecular complexity index is 485. The van der Waals surface area contributed by atoms with E-state index in [0.717, 1.165) is 44.0 Å². The van der Waals surface area contributed by atoms with E-state index in [1.165, 1.54) is 0 Å². The van der Waals surface area contributed by atoms with Crippen LogP contribution in [0.4, 0.5) is 0 Å². The Balaban J connectivity index is 3.02. The molecule has 1 aromatic carbocycles. The number of rotatable bonds is 13. The third kappa shape index (κ3) is 7.41. The normalized spacial score (nSPS) is 10.4. The molecule has 4 nitrogen and oxygen atoms in total. The van der Waals surface area contributed by atoms with Crippen LogP contribution in [0.3, 0.4) is 0 Å². The predicted molar refractivity (Wildman–Crippen MR) is 104 cm³/mol. The summed E-state index contributed by atoms with van der Waals surface area (Å²) in [6, 6.07) is 3.54. The SMILES string of the molecule is C[B]c1c(OCCCC)cc(C(=O)OCCCC)cc1OCCCC. The summed E-state index contributed by atoms with van der Waals surface area (Å²) in [5, 5.41) is 0. The molecule has 0 bridgehead atoms. The minimum Gasteiger partial charge on any atom is -0.494 e. The molecule has 25 heavy (non-hydrogen) atoms. The lowest BCUT2D eigenvalue weighted by Crippen LogP contribution is -2.21. The minimum absolute atomic E-state index is 0.322. The molecule has 0 saturated carbocycles. The quantitative estimate of drug-likeness (QED) is 0.302. The van der Waals surface area contributed by atoms with Gasteiger partial charge in [0.05, 0.1) is 25.4 Å². The van der Waals surface area contributed by atoms with E-state index in [1.807, 2.05) is 14.1 Å². The first-order valence-electron chi connectivity index (χ1n) is 9.57. The Labute approximate surface area is 153 Å². The van der Waals surface area contributed by atoms with Crippen molar-refractivity contribution in [2.24, 2.45) is 0 Å². The average molecular weight is 347 g/mol. The van der Waals surface area contributed by atoms with Gasteiger partial charge in [-0.2, -0.15) is 0 Å². The lowest BCUT2D eigenvalue weighted by atomic mass is 9.72. The van der Waals surface area contributed by atoms with E-state index in [0.29, 0.717) is 36.9 Å². The standard InChI is InChI=1S/C20H32BO4/c1-5-8-11-23-17-14-16(20(22)25-13-10-7-3)15-18(19(17)21-4)24-12-9-6-2/h14-15H,5-13H2,1-4H3. The van der Waals surface area contributed by atoms with E-state index < -0.39 is 0 Å². The topological polar surface area (TPSA) is 44.8 Å². The third-order valence-electron chi connectivity index (χ3n) is 3.87. The van der Waals surface area contributed by atoms with Crippen LogP contribution in [0.1, 0.15) is 69.7 Å². The molecule has 0 N–H and O–H groups in total. The summed E-state index contributed by atoms with van der Waals surface area (Å²) in [5.74, 6) is 1.05. The maximum absolute atomic E-state index is 12.3. The van der Waals surface area contributed by atoms with Gasteiger partial charge in [-0.25, -0.2) is 4.79 Å². The number of ether oxygens (including phenoxy) is 3. The number of esters is 1. The van der Waals surface area contributed by atoms with E-state index in [-0.39, 0.29) is 5.97 Å². The summed E-state index contributed by atoms with van der Waals surface area (Å²) in [6.45, 7) is 9.95. The Morgan fingerprint density at radius 2 is 1.36 bits per heavy atom. The van der Waals surface area contributed by atoms with Gasteiger partial charge in [0, 0.05) is 0 Å². The van der Waals surface area contributed by atoms with Gasteiger partial charge >= 0.3 is 5.97 Å². The first kappa shape index (κ1) is 21.4. The van der Waals surface area contributed by atoms with E-state index in [2.05, 4.69) is 20.8 Å². The fourth-order valence-electron chi connectivity index (χ4n) is 2.29. The van der Waals surface area contributed by atoms with Gasteiger partial charge in [-0.15, -0.1) is 0 Å². The van der Waals surface area contributed by atoms with E-state index in [4.69, 9.17) is 14.2 Å². The van der Waals surface area contributed by atoms with Crippen molar-refractivity contribution in [1.29, 1.82) is 0 Å². The minimum atomic E-state index is -0.322. The highest BCUT2D eigenvalue weighted by Gasteiger charge is 2.17. The van der Waals surface area contributed by atoms with Crippen molar-refractivity contribution in [2.75, 3.05) is 19.8 Å². The van der Waals surface area contributed by atoms with Crippen LogP contribution in [0, 0.1) is 0 Å². The second kappa shape index (κ2) is 12.7. The van der Waals surface area contributed by atoms with Gasteiger partial charge in [-0.3, -0.25) is 0 Å². The summed E-state index contributed by atoms with van der Waals surface area (Å²) < 4.78 is 17.2. The molecule has 0 aliphatic carbocycles. The molecule has 5 heteroatoms. The molecule has 1 radical (unpaired) electrons. The van der Waals surface area contributed by atoms with Gasteiger partial charge in [-0.1, -0.05) is 46.9 Å². The van der Waals surface area contributed by atoms with Crippen LogP contribution in [0.5, 0.6) is 11.5 Å². The zero-order chi connectivity index (χ0) is 18.5. The Morgan fingerprint density at radius 3 is 1.80 bits per heavy atom. The van der Waals surface area contributed by atoms with Crippen LogP contribution < -0.4 is 14.9 Å². The first-order chi connectivity index (χ1) is 12.2. The van der Waals surface area contributed by atoms with Crippen molar-refractivity contribution >= 4 is 18.7 Å². The number of carbonyl (C=O) groups is 1. The van der Waals surface area contributed by atoms with Gasteiger partial charge in [0.25, 0.3) is 0 Å². The number of carbonyl (C=O) groups excluding carboxylic acids is 1. The molecule has 0 amide bonds. The molecule has 0 spiro atoms. The summed E-state index contributed by atoms with van der Waals surface area (Å²) in [4.78, 5) is 12.3. The van der Waals surface area contributed by atoms with Crippen molar-refractivity contribution in [3.63, 3.8) is 0 Å². The molecule has 0 aliphatic rings. The molecule has 1 rings (SSSR count). The lowest BCUT2D eigenvalue weighted by Gasteiger charge is -2.17. The van der Waals surface area contributed by atoms with Gasteiger partial charge in [0.2, 0.25) is 0 Å². The number of benzene rings is 1. The maximum Gasteiger partial charge on any atom is 0.338 e. The highest BCUT2D eigenvalue weighted by Crippen LogP contribution is 2.22. The monoisotopic (exact) mass is 347 g/mol. The third-order valence-corrected chi connectivity index (χ3v) is 3.87. The highest BCUT2D eigenvalue weighted by molar-refractivity contribution is 6.54. The summed E-state index contributed by atoms with van der Waals surface area (Å²) in [7, 11) is 1.97. The fraction of sp³-hybridized carbons (Fsp3) is 0.650. The van der Waals surface area contributed by atoms with Crippen molar-refractivity contribution in [3.05, 3.63) is 17.7 Å². The molecule has 139 valence electrons. The number of hydrogen-bond donors (Lipinski definition) is 0. The van der Waals surface area contributed by atoms with Crippen molar-refractivity contribution < 1.29 is 19.0 Å². The van der Waals surface area contributed by atoms with E-state index >= 15 is 0 Å². The predicted octanol–water partition coefficient (Wildman–Crippen LogP) is 4.38. The highest BCUT2D eigenvalue weighted by atomic mass is 16.5. The zero-order valence-corrected chi connectivity index (χ0v) is 16.2. The largest absolute Gasteiger partial charge is 0.494 e. The Kier molecular flexibility index (Phi) is 10.9. The average Bonchev–Trinajstić information content (AvgIpc) is 2.62. The summed E-state index contributed by atoms with van der Waals surface area (Å²) in [5.41, 5.74) is 1.39. The van der Waals surface area contributed by atoms with Crippen LogP contribution in [0.25, 0.3) is 0 Å². The first-order valence-corrected chi connectivity index (χ1v) is 9.57. The number of unbranched alkanes of at least 4 members (excludes halogenated alkanes) is 3. The van der Waals surface area contributed by atoms with Gasteiger partial charge in [-0.05, 0) is 36.9 Å². The smallest absolute Gasteiger partial charge is 0.338 e. The van der Waals surface area contributed by atoms with Gasteiger partial charge in [0.1, 0.15) is 11.5 Å². The molecule has 0 atom stereocenters. The van der Waals surface area contributed by atoms with Gasteiger partial charge < -0.3 is 14.2 Å². The second-order valence-corrected chi connectivity index (χ2v) is 6.07. The molecule has 0 fully saturated rings. The molecule has 0 heterocycles. The van der Waals surface area contributed by atoms with Crippen LogP contribution in [0.15, 0.2) is 12.1 Å². The van der Waals surface area contributed by atoms with Crippen LogP contribution >= 0.6 is 0 Å². The van der Waals surface area contributed by atoms with Crippen molar-refractivity contribution in [1.82, 2.24) is 0 Å². The van der Waals surface area contributed by atoms with Crippen LogP contribution in [-0.4, -0.2) is 33.1 Å². The lowest BCUT2D eigenvalue weighted by molar-refractivity contribution is 0.0498. The summed E-state index contributed by atoms with van der Waals surface area (Å²) >= 11 is 0. The molecular formula is C20H32BO4. The molecule has 0 aromatic heterocycles. The number of hydrogen-bond acceptors (Lipinski definition) is 4. The molecular weight excluding hydrogens is 315 g/mol. The Morgan fingerprint density at radius 1 is 0.880 bits per heavy atom. The van der Waals surface area contributed by atoms with E-state index in [9.17, 15) is 4.79 Å². The Hall–Kier alpha value is -1.65. The van der Waals surface area contributed by atoms with Gasteiger partial charge in [0.15, 0.2) is 7.28 Å². The molecule has 0 saturated heterocycles. The maximum atomic E-state index is 12.3. The van der Waals surface area contributed by atoms with Crippen molar-refractivity contribution in [3.8, 4) is 11.5 Å². The van der Waals surface area contributed by atoms with Crippen LogP contribution in [-0.2, 0) is 4.74 Å². The molecule has 0 unspecified atom stereocenters. The fourth-order valence-corrected chi connectivity index (χ4v) is 2.29. The molecule has 1 aromatic rings. The van der Waals surface area contributed by atoms with E-state index in [1.54, 1.807) is 12.1 Å². The van der Waals surface area contributed by atoms with Crippen molar-refractivity contribution in [2.45, 2.75) is 66.1 Å². The molecule has 0 aliphatic heterocycles. The second-order valence-electron chi connectivity index (χ2n) is 6.07. The zero-order valence-electron chi connectivity index (χ0n) is 16.2. The van der Waals surface area contributed by atoms with Crippen LogP contribution in [0.2, 0.25) is 6.82 Å². The summed E-state index contributed by atoms with van der Waals surface area (Å²) in [6.07, 6.45) is 5.92.